The van der Waals surface area contributed by atoms with Gasteiger partial charge in [-0.1, -0.05) is 12.1 Å². The Hall–Kier alpha value is -3.60. The van der Waals surface area contributed by atoms with Gasteiger partial charge >= 0.3 is 5.69 Å². The van der Waals surface area contributed by atoms with Gasteiger partial charge in [0.25, 0.3) is 11.1 Å². The minimum atomic E-state index is -0.789. The van der Waals surface area contributed by atoms with Crippen molar-refractivity contribution in [3.63, 3.8) is 0 Å². The second-order valence-corrected chi connectivity index (χ2v) is 5.39. The van der Waals surface area contributed by atoms with Crippen LogP contribution in [0.2, 0.25) is 0 Å². The van der Waals surface area contributed by atoms with Crippen LogP contribution in [0, 0.1) is 10.6 Å². The standard InChI is InChI=1S/C15H10FN5O4S/c16-8-3-1-2-4-10(8)21-13(24)7(11(22)20-15(21)26)5-17-9-6-18-14(25)19-12(9)23/h1-6,24H,(H,20,22,26)(H2,18,19,23,25). The first kappa shape index (κ1) is 17.2. The van der Waals surface area contributed by atoms with Gasteiger partial charge in [-0.05, 0) is 24.4 Å². The molecule has 0 aliphatic carbocycles. The lowest BCUT2D eigenvalue weighted by Gasteiger charge is -2.11. The van der Waals surface area contributed by atoms with Crippen LogP contribution in [0.1, 0.15) is 5.56 Å². The maximum absolute atomic E-state index is 14.0. The minimum absolute atomic E-state index is 0.0808. The summed E-state index contributed by atoms with van der Waals surface area (Å²) in [4.78, 5) is 44.9. The van der Waals surface area contributed by atoms with Crippen LogP contribution in [0.25, 0.3) is 5.69 Å². The number of para-hydroxylation sites is 1. The van der Waals surface area contributed by atoms with Gasteiger partial charge in [-0.15, -0.1) is 0 Å². The number of benzene rings is 1. The molecule has 0 radical (unpaired) electrons. The van der Waals surface area contributed by atoms with Gasteiger partial charge in [0, 0.05) is 12.4 Å². The lowest BCUT2D eigenvalue weighted by molar-refractivity contribution is 0.429. The number of hydrogen-bond acceptors (Lipinski definition) is 6. The van der Waals surface area contributed by atoms with Gasteiger partial charge in [-0.2, -0.15) is 0 Å². The molecule has 0 amide bonds. The van der Waals surface area contributed by atoms with Gasteiger partial charge in [0.1, 0.15) is 17.1 Å². The Morgan fingerprint density at radius 3 is 2.58 bits per heavy atom. The van der Waals surface area contributed by atoms with Crippen molar-refractivity contribution in [3.05, 3.63) is 77.8 Å². The maximum Gasteiger partial charge on any atom is 0.325 e. The van der Waals surface area contributed by atoms with Crippen LogP contribution >= 0.6 is 12.2 Å². The number of halogens is 1. The summed E-state index contributed by atoms with van der Waals surface area (Å²) in [7, 11) is 0. The highest BCUT2D eigenvalue weighted by molar-refractivity contribution is 7.71. The molecular formula is C15H10FN5O4S. The first-order chi connectivity index (χ1) is 12.4. The Bertz CT molecular complexity index is 1250. The predicted octanol–water partition coefficient (Wildman–Crippen LogP) is 0.867. The normalized spacial score (nSPS) is 11.1. The molecule has 3 rings (SSSR count). The summed E-state index contributed by atoms with van der Waals surface area (Å²) in [6.45, 7) is 0. The number of aromatic nitrogens is 4. The molecule has 0 saturated heterocycles. The van der Waals surface area contributed by atoms with E-state index in [1.807, 2.05) is 4.98 Å². The summed E-state index contributed by atoms with van der Waals surface area (Å²) >= 11 is 4.98. The van der Waals surface area contributed by atoms with Gasteiger partial charge in [-0.25, -0.2) is 14.2 Å². The largest absolute Gasteiger partial charge is 0.494 e. The van der Waals surface area contributed by atoms with E-state index in [-0.39, 0.29) is 21.7 Å². The molecule has 2 heterocycles. The van der Waals surface area contributed by atoms with Gasteiger partial charge in [0.05, 0.1) is 5.69 Å². The SMILES string of the molecule is O=c1[nH]cc(N=Cc2c(O)n(-c3ccccc3F)c(=S)[nH]c2=O)c(=O)[nH]1. The van der Waals surface area contributed by atoms with Crippen LogP contribution in [-0.2, 0) is 0 Å². The summed E-state index contributed by atoms with van der Waals surface area (Å²) in [6.07, 6.45) is 1.94. The quantitative estimate of drug-likeness (QED) is 0.398. The molecule has 9 nitrogen and oxygen atoms in total. The van der Waals surface area contributed by atoms with E-state index in [0.29, 0.717) is 0 Å². The van der Waals surface area contributed by atoms with Crippen LogP contribution in [-0.4, -0.2) is 30.8 Å². The first-order valence-corrected chi connectivity index (χ1v) is 7.48. The fourth-order valence-corrected chi connectivity index (χ4v) is 2.42. The van der Waals surface area contributed by atoms with Crippen LogP contribution in [0.5, 0.6) is 5.88 Å². The molecule has 0 spiro atoms. The molecule has 0 bridgehead atoms. The number of aliphatic imine (C=N–C) groups is 1. The maximum atomic E-state index is 14.0. The van der Waals surface area contributed by atoms with E-state index in [0.717, 1.165) is 23.0 Å². The number of nitrogens with one attached hydrogen (secondary N) is 3. The zero-order chi connectivity index (χ0) is 18.8. The second kappa shape index (κ2) is 6.72. The molecule has 0 aliphatic heterocycles. The van der Waals surface area contributed by atoms with Crippen molar-refractivity contribution in [2.45, 2.75) is 0 Å². The Labute approximate surface area is 148 Å². The van der Waals surface area contributed by atoms with Gasteiger partial charge in [-0.3, -0.25) is 24.1 Å². The highest BCUT2D eigenvalue weighted by Crippen LogP contribution is 2.21. The fraction of sp³-hybridized carbons (Fsp3) is 0. The second-order valence-electron chi connectivity index (χ2n) is 5.00. The lowest BCUT2D eigenvalue weighted by atomic mass is 10.2. The zero-order valence-corrected chi connectivity index (χ0v) is 13.6. The third kappa shape index (κ3) is 3.15. The fourth-order valence-electron chi connectivity index (χ4n) is 2.14. The molecular weight excluding hydrogens is 365 g/mol. The van der Waals surface area contributed by atoms with Crippen molar-refractivity contribution >= 4 is 24.1 Å². The monoisotopic (exact) mass is 375 g/mol. The third-order valence-electron chi connectivity index (χ3n) is 3.35. The van der Waals surface area contributed by atoms with Crippen LogP contribution in [0.15, 0.2) is 49.8 Å². The molecule has 0 aliphatic rings. The third-order valence-corrected chi connectivity index (χ3v) is 3.63. The Kier molecular flexibility index (Phi) is 4.45. The topological polar surface area (TPSA) is 136 Å². The zero-order valence-electron chi connectivity index (χ0n) is 12.8. The van der Waals surface area contributed by atoms with E-state index >= 15 is 0 Å². The van der Waals surface area contributed by atoms with E-state index < -0.39 is 28.5 Å². The average molecular weight is 375 g/mol. The number of nitrogens with zero attached hydrogens (tertiary/aromatic N) is 2. The Balaban J connectivity index is 2.19. The molecule has 2 aromatic heterocycles. The molecule has 3 aromatic rings. The van der Waals surface area contributed by atoms with Crippen molar-refractivity contribution in [2.24, 2.45) is 4.99 Å². The van der Waals surface area contributed by atoms with Crippen LogP contribution in [0.3, 0.4) is 0 Å². The van der Waals surface area contributed by atoms with Gasteiger partial charge < -0.3 is 10.1 Å². The van der Waals surface area contributed by atoms with Crippen molar-refractivity contribution < 1.29 is 9.50 Å². The highest BCUT2D eigenvalue weighted by atomic mass is 32.1. The number of H-pyrrole nitrogens is 3. The van der Waals surface area contributed by atoms with Gasteiger partial charge in [0.2, 0.25) is 5.88 Å². The summed E-state index contributed by atoms with van der Waals surface area (Å²) in [6, 6.07) is 5.50. The Morgan fingerprint density at radius 1 is 1.15 bits per heavy atom. The molecule has 132 valence electrons. The van der Waals surface area contributed by atoms with Crippen molar-refractivity contribution in [1.82, 2.24) is 19.5 Å². The summed E-state index contributed by atoms with van der Waals surface area (Å²) in [5.41, 5.74) is -2.94. The van der Waals surface area contributed by atoms with Crippen molar-refractivity contribution in [2.75, 3.05) is 0 Å². The minimum Gasteiger partial charge on any atom is -0.494 e. The van der Waals surface area contributed by atoms with Crippen molar-refractivity contribution in [3.8, 4) is 11.6 Å². The van der Waals surface area contributed by atoms with E-state index in [1.54, 1.807) is 0 Å². The van der Waals surface area contributed by atoms with E-state index in [1.165, 1.54) is 18.2 Å². The number of aromatic amines is 3. The number of hydrogen-bond donors (Lipinski definition) is 4. The molecule has 0 atom stereocenters. The lowest BCUT2D eigenvalue weighted by Crippen LogP contribution is -2.21. The summed E-state index contributed by atoms with van der Waals surface area (Å²) < 4.78 is 14.7. The molecule has 4 N–H and O–H groups in total. The molecule has 1 aromatic carbocycles. The summed E-state index contributed by atoms with van der Waals surface area (Å²) in [5, 5.41) is 10.4. The number of rotatable bonds is 3. The average Bonchev–Trinajstić information content (AvgIpc) is 2.57. The smallest absolute Gasteiger partial charge is 0.325 e. The molecule has 0 fully saturated rings. The van der Waals surface area contributed by atoms with Crippen molar-refractivity contribution in [1.29, 1.82) is 0 Å². The van der Waals surface area contributed by atoms with Crippen LogP contribution in [0.4, 0.5) is 10.1 Å². The number of aromatic hydroxyl groups is 1. The Morgan fingerprint density at radius 2 is 1.88 bits per heavy atom. The van der Waals surface area contributed by atoms with E-state index in [2.05, 4.69) is 15.0 Å². The molecule has 0 saturated carbocycles. The van der Waals surface area contributed by atoms with E-state index in [4.69, 9.17) is 12.2 Å². The molecule has 0 unspecified atom stereocenters. The van der Waals surface area contributed by atoms with Crippen LogP contribution < -0.4 is 16.8 Å². The summed E-state index contributed by atoms with van der Waals surface area (Å²) in [5.74, 6) is -1.33. The first-order valence-electron chi connectivity index (χ1n) is 7.08. The van der Waals surface area contributed by atoms with Gasteiger partial charge in [0.15, 0.2) is 4.77 Å². The highest BCUT2D eigenvalue weighted by Gasteiger charge is 2.15. The molecule has 26 heavy (non-hydrogen) atoms. The predicted molar refractivity (Wildman–Crippen MR) is 93.8 cm³/mol. The molecule has 11 heteroatoms. The van der Waals surface area contributed by atoms with E-state index in [9.17, 15) is 23.9 Å².